The summed E-state index contributed by atoms with van der Waals surface area (Å²) in [5, 5.41) is 2.94. The summed E-state index contributed by atoms with van der Waals surface area (Å²) in [6.07, 6.45) is -5.04. The number of benzene rings is 2. The van der Waals surface area contributed by atoms with Crippen LogP contribution in [0.1, 0.15) is 16.7 Å². The first-order valence-electron chi connectivity index (χ1n) is 9.42. The first-order chi connectivity index (χ1) is 15.1. The van der Waals surface area contributed by atoms with Crippen LogP contribution >= 0.6 is 0 Å². The summed E-state index contributed by atoms with van der Waals surface area (Å²) in [5.74, 6) is -1.10. The van der Waals surface area contributed by atoms with Crippen molar-refractivity contribution in [2.24, 2.45) is 5.73 Å². The summed E-state index contributed by atoms with van der Waals surface area (Å²) in [4.78, 5) is 36.3. The number of rotatable bonds is 7. The van der Waals surface area contributed by atoms with Crippen LogP contribution in [0.2, 0.25) is 0 Å². The number of amides is 2. The SMILES string of the molecule is COc1ccc2c(C[C@@H](NC(=O)Cc3cccc(C(F)(F)F)c3)C(N)=O)cc(=O)oc2c1. The minimum Gasteiger partial charge on any atom is -0.497 e. The highest BCUT2D eigenvalue weighted by Gasteiger charge is 2.30. The summed E-state index contributed by atoms with van der Waals surface area (Å²) >= 11 is 0. The van der Waals surface area contributed by atoms with Gasteiger partial charge in [0.1, 0.15) is 17.4 Å². The van der Waals surface area contributed by atoms with Crippen LogP contribution in [0.15, 0.2) is 57.7 Å². The van der Waals surface area contributed by atoms with E-state index >= 15 is 0 Å². The van der Waals surface area contributed by atoms with E-state index in [4.69, 9.17) is 14.9 Å². The standard InChI is InChI=1S/C22H19F3N2O5/c1-31-15-5-6-16-13(10-20(29)32-18(16)11-15)9-17(21(26)30)27-19(28)8-12-3-2-4-14(7-12)22(23,24)25/h2-7,10-11,17H,8-9H2,1H3,(H2,26,30)(H,27,28)/t17-/m1/s1. The van der Waals surface area contributed by atoms with Crippen LogP contribution < -0.4 is 21.4 Å². The lowest BCUT2D eigenvalue weighted by atomic mass is 10.0. The Hall–Kier alpha value is -3.82. The van der Waals surface area contributed by atoms with Gasteiger partial charge in [0.15, 0.2) is 0 Å². The van der Waals surface area contributed by atoms with Crippen molar-refractivity contribution in [2.45, 2.75) is 25.1 Å². The number of nitrogens with one attached hydrogen (secondary N) is 1. The van der Waals surface area contributed by atoms with Crippen molar-refractivity contribution in [3.05, 3.63) is 75.6 Å². The molecule has 0 saturated carbocycles. The Labute approximate surface area is 180 Å². The highest BCUT2D eigenvalue weighted by Crippen LogP contribution is 2.29. The molecular weight excluding hydrogens is 429 g/mol. The van der Waals surface area contributed by atoms with Gasteiger partial charge in [0, 0.05) is 23.9 Å². The second-order valence-electron chi connectivity index (χ2n) is 7.05. The Kier molecular flexibility index (Phi) is 6.52. The molecule has 0 bridgehead atoms. The van der Waals surface area contributed by atoms with E-state index in [0.717, 1.165) is 12.1 Å². The van der Waals surface area contributed by atoms with Gasteiger partial charge in [0.2, 0.25) is 11.8 Å². The molecule has 0 aliphatic carbocycles. The number of carbonyl (C=O) groups excluding carboxylic acids is 2. The third-order valence-electron chi connectivity index (χ3n) is 4.76. The Morgan fingerprint density at radius 2 is 1.91 bits per heavy atom. The van der Waals surface area contributed by atoms with E-state index in [0.29, 0.717) is 16.7 Å². The molecule has 1 aromatic heterocycles. The number of alkyl halides is 3. The Balaban J connectivity index is 1.80. The molecule has 3 N–H and O–H groups in total. The van der Waals surface area contributed by atoms with E-state index in [2.05, 4.69) is 5.32 Å². The fraction of sp³-hybridized carbons (Fsp3) is 0.227. The zero-order valence-corrected chi connectivity index (χ0v) is 16.9. The first-order valence-corrected chi connectivity index (χ1v) is 9.42. The molecule has 0 aliphatic rings. The number of halogens is 3. The van der Waals surface area contributed by atoms with Gasteiger partial charge in [0.05, 0.1) is 19.1 Å². The van der Waals surface area contributed by atoms with Gasteiger partial charge >= 0.3 is 11.8 Å². The van der Waals surface area contributed by atoms with Gasteiger partial charge in [-0.1, -0.05) is 18.2 Å². The van der Waals surface area contributed by atoms with Crippen LogP contribution in [-0.2, 0) is 28.6 Å². The number of hydrogen-bond acceptors (Lipinski definition) is 5. The predicted molar refractivity (Wildman–Crippen MR) is 109 cm³/mol. The molecular formula is C22H19F3N2O5. The number of fused-ring (bicyclic) bond motifs is 1. The maximum atomic E-state index is 12.9. The smallest absolute Gasteiger partial charge is 0.416 e. The Morgan fingerprint density at radius 1 is 1.16 bits per heavy atom. The lowest BCUT2D eigenvalue weighted by molar-refractivity contribution is -0.137. The topological polar surface area (TPSA) is 112 Å². The second kappa shape index (κ2) is 9.13. The van der Waals surface area contributed by atoms with Crippen LogP contribution in [0.25, 0.3) is 11.0 Å². The maximum Gasteiger partial charge on any atom is 0.416 e. The minimum absolute atomic E-state index is 0.113. The van der Waals surface area contributed by atoms with Crippen molar-refractivity contribution in [3.63, 3.8) is 0 Å². The monoisotopic (exact) mass is 448 g/mol. The fourth-order valence-electron chi connectivity index (χ4n) is 3.24. The summed E-state index contributed by atoms with van der Waals surface area (Å²) < 4.78 is 48.9. The van der Waals surface area contributed by atoms with E-state index in [1.165, 1.54) is 31.4 Å². The van der Waals surface area contributed by atoms with Gasteiger partial charge in [-0.05, 0) is 29.3 Å². The second-order valence-corrected chi connectivity index (χ2v) is 7.05. The Morgan fingerprint density at radius 3 is 2.56 bits per heavy atom. The number of carbonyl (C=O) groups is 2. The molecule has 2 amide bonds. The summed E-state index contributed by atoms with van der Waals surface area (Å²) in [5.41, 5.74) is 4.62. The van der Waals surface area contributed by atoms with Gasteiger partial charge in [-0.25, -0.2) is 4.79 Å². The molecule has 3 rings (SSSR count). The third kappa shape index (κ3) is 5.45. The van der Waals surface area contributed by atoms with Gasteiger partial charge in [-0.3, -0.25) is 9.59 Å². The van der Waals surface area contributed by atoms with E-state index in [9.17, 15) is 27.6 Å². The number of hydrogen-bond donors (Lipinski definition) is 2. The summed E-state index contributed by atoms with van der Waals surface area (Å²) in [6, 6.07) is 9.09. The van der Waals surface area contributed by atoms with Crippen LogP contribution in [-0.4, -0.2) is 25.0 Å². The van der Waals surface area contributed by atoms with Crippen LogP contribution in [0.4, 0.5) is 13.2 Å². The van der Waals surface area contributed by atoms with Gasteiger partial charge in [0.25, 0.3) is 0 Å². The van der Waals surface area contributed by atoms with Crippen molar-refractivity contribution >= 4 is 22.8 Å². The average Bonchev–Trinajstić information content (AvgIpc) is 2.72. The van der Waals surface area contributed by atoms with Crippen LogP contribution in [0.3, 0.4) is 0 Å². The van der Waals surface area contributed by atoms with Crippen molar-refractivity contribution < 1.29 is 31.9 Å². The molecule has 32 heavy (non-hydrogen) atoms. The fourth-order valence-corrected chi connectivity index (χ4v) is 3.24. The molecule has 0 saturated heterocycles. The average molecular weight is 448 g/mol. The minimum atomic E-state index is -4.54. The third-order valence-corrected chi connectivity index (χ3v) is 4.76. The van der Waals surface area contributed by atoms with E-state index in [-0.39, 0.29) is 24.0 Å². The van der Waals surface area contributed by atoms with Crippen LogP contribution in [0, 0.1) is 0 Å². The largest absolute Gasteiger partial charge is 0.497 e. The molecule has 0 fully saturated rings. The molecule has 10 heteroatoms. The van der Waals surface area contributed by atoms with Crippen molar-refractivity contribution in [3.8, 4) is 5.75 Å². The molecule has 3 aromatic rings. The molecule has 0 spiro atoms. The molecule has 7 nitrogen and oxygen atoms in total. The molecule has 0 unspecified atom stereocenters. The van der Waals surface area contributed by atoms with E-state index in [1.807, 2.05) is 0 Å². The summed E-state index contributed by atoms with van der Waals surface area (Å²) in [6.45, 7) is 0. The number of ether oxygens (including phenoxy) is 1. The van der Waals surface area contributed by atoms with Gasteiger partial charge in [-0.15, -0.1) is 0 Å². The maximum absolute atomic E-state index is 12.9. The zero-order valence-electron chi connectivity index (χ0n) is 16.9. The molecule has 1 heterocycles. The number of nitrogens with two attached hydrogens (primary N) is 1. The molecule has 2 aromatic carbocycles. The molecule has 1 atom stereocenters. The zero-order chi connectivity index (χ0) is 23.5. The van der Waals surface area contributed by atoms with E-state index < -0.39 is 35.2 Å². The van der Waals surface area contributed by atoms with Crippen LogP contribution in [0.5, 0.6) is 5.75 Å². The van der Waals surface area contributed by atoms with Gasteiger partial charge < -0.3 is 20.2 Å². The molecule has 0 aliphatic heterocycles. The van der Waals surface area contributed by atoms with Crippen molar-refractivity contribution in [1.82, 2.24) is 5.32 Å². The van der Waals surface area contributed by atoms with Crippen molar-refractivity contribution in [1.29, 1.82) is 0 Å². The first kappa shape index (κ1) is 22.9. The highest BCUT2D eigenvalue weighted by molar-refractivity contribution is 5.89. The van der Waals surface area contributed by atoms with Gasteiger partial charge in [-0.2, -0.15) is 13.2 Å². The lowest BCUT2D eigenvalue weighted by Gasteiger charge is -2.17. The highest BCUT2D eigenvalue weighted by atomic mass is 19.4. The van der Waals surface area contributed by atoms with Crippen molar-refractivity contribution in [2.75, 3.05) is 7.11 Å². The predicted octanol–water partition coefficient (Wildman–Crippen LogP) is 2.58. The number of methoxy groups -OCH3 is 1. The molecule has 168 valence electrons. The number of primary amides is 1. The van der Waals surface area contributed by atoms with E-state index in [1.54, 1.807) is 12.1 Å². The normalized spacial score (nSPS) is 12.4. The lowest BCUT2D eigenvalue weighted by Crippen LogP contribution is -2.46. The molecule has 0 radical (unpaired) electrons. The quantitative estimate of drug-likeness (QED) is 0.540. The Bertz CT molecular complexity index is 1220. The summed E-state index contributed by atoms with van der Waals surface area (Å²) in [7, 11) is 1.45.